The van der Waals surface area contributed by atoms with Crippen molar-refractivity contribution in [1.82, 2.24) is 4.57 Å². The minimum Gasteiger partial charge on any atom is -0.317 e. The Bertz CT molecular complexity index is 3150. The Balaban J connectivity index is 1.06. The van der Waals surface area contributed by atoms with Crippen molar-refractivity contribution in [2.45, 2.75) is 5.41 Å². The molecule has 0 amide bonds. The highest BCUT2D eigenvalue weighted by Crippen LogP contribution is 2.63. The van der Waals surface area contributed by atoms with Crippen molar-refractivity contribution in [2.75, 3.05) is 4.90 Å². The molecule has 2 aliphatic rings. The SMILES string of the molecule is c1ccc(-c2ccc(N(c3ccccc3)c3ccc4c(c3)C3(c5ccccc5-c5ccccc53)c3cc(-n5ccc6cc(-c7ccccc7)ccc65)ccc3-4)cc2)cc1. The molecule has 0 N–H and O–H groups in total. The highest BCUT2D eigenvalue weighted by Gasteiger charge is 2.52. The van der Waals surface area contributed by atoms with Gasteiger partial charge in [-0.15, -0.1) is 0 Å². The number of benzene rings is 9. The molecule has 0 aliphatic heterocycles. The third-order valence-electron chi connectivity index (χ3n) is 12.6. The van der Waals surface area contributed by atoms with Crippen LogP contribution in [0.4, 0.5) is 17.1 Å². The van der Waals surface area contributed by atoms with Gasteiger partial charge in [0, 0.05) is 34.3 Å². The molecule has 2 aliphatic carbocycles. The van der Waals surface area contributed by atoms with Gasteiger partial charge in [0.25, 0.3) is 0 Å². The zero-order chi connectivity index (χ0) is 38.9. The summed E-state index contributed by atoms with van der Waals surface area (Å²) in [6, 6.07) is 82.5. The Kier molecular flexibility index (Phi) is 7.48. The normalized spacial score (nSPS) is 12.9. The van der Waals surface area contributed by atoms with E-state index in [1.54, 1.807) is 0 Å². The molecule has 59 heavy (non-hydrogen) atoms. The number of fused-ring (bicyclic) bond motifs is 11. The predicted octanol–water partition coefficient (Wildman–Crippen LogP) is 14.8. The summed E-state index contributed by atoms with van der Waals surface area (Å²) < 4.78 is 2.36. The van der Waals surface area contributed by atoms with Gasteiger partial charge in [-0.25, -0.2) is 0 Å². The number of nitrogens with zero attached hydrogens (tertiary/aromatic N) is 2. The average Bonchev–Trinajstić information content (AvgIpc) is 3.96. The molecule has 0 atom stereocenters. The van der Waals surface area contributed by atoms with Crippen LogP contribution in [0.15, 0.2) is 231 Å². The third-order valence-corrected chi connectivity index (χ3v) is 12.6. The van der Waals surface area contributed by atoms with Gasteiger partial charge in [-0.1, -0.05) is 158 Å². The molecule has 0 unspecified atom stereocenters. The zero-order valence-electron chi connectivity index (χ0n) is 32.3. The van der Waals surface area contributed by atoms with Crippen molar-refractivity contribution in [3.05, 3.63) is 253 Å². The number of anilines is 3. The fraction of sp³-hybridized carbons (Fsp3) is 0.0175. The maximum atomic E-state index is 2.47. The van der Waals surface area contributed by atoms with Crippen molar-refractivity contribution in [3.63, 3.8) is 0 Å². The van der Waals surface area contributed by atoms with E-state index in [2.05, 4.69) is 240 Å². The van der Waals surface area contributed by atoms with Crippen LogP contribution in [0.3, 0.4) is 0 Å². The maximum Gasteiger partial charge on any atom is 0.0727 e. The van der Waals surface area contributed by atoms with E-state index in [1.807, 2.05) is 0 Å². The van der Waals surface area contributed by atoms with Crippen LogP contribution in [0.2, 0.25) is 0 Å². The summed E-state index contributed by atoms with van der Waals surface area (Å²) in [4.78, 5) is 2.40. The summed E-state index contributed by atoms with van der Waals surface area (Å²) in [5, 5.41) is 1.23. The minimum atomic E-state index is -0.507. The molecule has 12 rings (SSSR count). The summed E-state index contributed by atoms with van der Waals surface area (Å²) in [7, 11) is 0. The Hall–Kier alpha value is -7.68. The number of hydrogen-bond acceptors (Lipinski definition) is 1. The third kappa shape index (κ3) is 5.06. The highest BCUT2D eigenvalue weighted by molar-refractivity contribution is 5.97. The van der Waals surface area contributed by atoms with Crippen molar-refractivity contribution in [1.29, 1.82) is 0 Å². The molecule has 10 aromatic rings. The van der Waals surface area contributed by atoms with Crippen LogP contribution < -0.4 is 4.90 Å². The van der Waals surface area contributed by atoms with Gasteiger partial charge in [-0.2, -0.15) is 0 Å². The highest BCUT2D eigenvalue weighted by atomic mass is 15.1. The quantitative estimate of drug-likeness (QED) is 0.164. The molecule has 276 valence electrons. The summed E-state index contributed by atoms with van der Waals surface area (Å²) in [6.45, 7) is 0. The summed E-state index contributed by atoms with van der Waals surface area (Å²) in [5.41, 5.74) is 20.5. The topological polar surface area (TPSA) is 8.17 Å². The molecule has 2 nitrogen and oxygen atoms in total. The molecule has 1 heterocycles. The Morgan fingerprint density at radius 3 is 1.49 bits per heavy atom. The second kappa shape index (κ2) is 13.2. The van der Waals surface area contributed by atoms with Crippen LogP contribution in [0, 0.1) is 0 Å². The smallest absolute Gasteiger partial charge is 0.0727 e. The Morgan fingerprint density at radius 1 is 0.322 bits per heavy atom. The first kappa shape index (κ1) is 33.5. The fourth-order valence-corrected chi connectivity index (χ4v) is 10.0. The Labute approximate surface area is 344 Å². The first-order valence-electron chi connectivity index (χ1n) is 20.4. The van der Waals surface area contributed by atoms with E-state index in [1.165, 1.54) is 77.7 Å². The van der Waals surface area contributed by atoms with E-state index >= 15 is 0 Å². The molecule has 1 aromatic heterocycles. The summed E-state index contributed by atoms with van der Waals surface area (Å²) in [5.74, 6) is 0. The van der Waals surface area contributed by atoms with Crippen LogP contribution in [-0.4, -0.2) is 4.57 Å². The molecule has 9 aromatic carbocycles. The molecule has 0 saturated heterocycles. The van der Waals surface area contributed by atoms with Gasteiger partial charge in [-0.05, 0) is 133 Å². The lowest BCUT2D eigenvalue weighted by Gasteiger charge is -2.32. The molecule has 0 radical (unpaired) electrons. The van der Waals surface area contributed by atoms with Gasteiger partial charge >= 0.3 is 0 Å². The molecule has 1 spiro atoms. The fourth-order valence-electron chi connectivity index (χ4n) is 10.0. The van der Waals surface area contributed by atoms with Crippen molar-refractivity contribution in [3.8, 4) is 50.2 Å². The van der Waals surface area contributed by atoms with Gasteiger partial charge in [0.15, 0.2) is 0 Å². The number of aromatic nitrogens is 1. The molecule has 0 saturated carbocycles. The van der Waals surface area contributed by atoms with E-state index in [9.17, 15) is 0 Å². The average molecular weight is 751 g/mol. The first-order chi connectivity index (χ1) is 29.3. The van der Waals surface area contributed by atoms with E-state index in [4.69, 9.17) is 0 Å². The molecule has 2 heteroatoms. The molecular weight excluding hydrogens is 713 g/mol. The van der Waals surface area contributed by atoms with E-state index in [0.717, 1.165) is 22.7 Å². The maximum absolute atomic E-state index is 2.47. The molecular formula is C57H38N2. The van der Waals surface area contributed by atoms with Crippen LogP contribution in [0.1, 0.15) is 22.3 Å². The van der Waals surface area contributed by atoms with Crippen LogP contribution >= 0.6 is 0 Å². The lowest BCUT2D eigenvalue weighted by Crippen LogP contribution is -2.26. The van der Waals surface area contributed by atoms with Gasteiger partial charge in [0.2, 0.25) is 0 Å². The zero-order valence-corrected chi connectivity index (χ0v) is 32.3. The summed E-state index contributed by atoms with van der Waals surface area (Å²) >= 11 is 0. The number of hydrogen-bond donors (Lipinski definition) is 0. The molecule has 0 bridgehead atoms. The number of rotatable bonds is 6. The van der Waals surface area contributed by atoms with Crippen LogP contribution in [-0.2, 0) is 5.41 Å². The monoisotopic (exact) mass is 750 g/mol. The second-order valence-corrected chi connectivity index (χ2v) is 15.7. The van der Waals surface area contributed by atoms with Gasteiger partial charge in [-0.3, -0.25) is 0 Å². The largest absolute Gasteiger partial charge is 0.317 e. The lowest BCUT2D eigenvalue weighted by molar-refractivity contribution is 0.792. The van der Waals surface area contributed by atoms with E-state index in [0.29, 0.717) is 0 Å². The van der Waals surface area contributed by atoms with Gasteiger partial charge in [0.1, 0.15) is 0 Å². The first-order valence-corrected chi connectivity index (χ1v) is 20.4. The van der Waals surface area contributed by atoms with Crippen molar-refractivity contribution in [2.24, 2.45) is 0 Å². The second-order valence-electron chi connectivity index (χ2n) is 15.7. The summed E-state index contributed by atoms with van der Waals surface area (Å²) in [6.07, 6.45) is 2.23. The predicted molar refractivity (Wildman–Crippen MR) is 245 cm³/mol. The lowest BCUT2D eigenvalue weighted by atomic mass is 9.70. The van der Waals surface area contributed by atoms with E-state index < -0.39 is 5.41 Å². The number of para-hydroxylation sites is 1. The van der Waals surface area contributed by atoms with Crippen molar-refractivity contribution < 1.29 is 0 Å². The van der Waals surface area contributed by atoms with E-state index in [-0.39, 0.29) is 0 Å². The minimum absolute atomic E-state index is 0.507. The standard InChI is InChI=1S/C57H38N2/c1-4-14-39(15-5-1)41-24-27-45(28-25-41)59(44-18-8-3-9-19-44)47-30-32-51-50-31-29-46(58-35-34-43-36-42(26-33-56(43)58)40-16-6-2-7-17-40)37-54(50)57(55(51)38-47)52-22-12-10-20-48(52)49-21-11-13-23-53(49)57/h1-38H. The molecule has 0 fully saturated rings. The van der Waals surface area contributed by atoms with Crippen LogP contribution in [0.25, 0.3) is 61.1 Å². The Morgan fingerprint density at radius 2 is 0.814 bits per heavy atom. The van der Waals surface area contributed by atoms with Gasteiger partial charge < -0.3 is 9.47 Å². The van der Waals surface area contributed by atoms with Crippen molar-refractivity contribution >= 4 is 28.0 Å². The van der Waals surface area contributed by atoms with Crippen LogP contribution in [0.5, 0.6) is 0 Å². The van der Waals surface area contributed by atoms with Gasteiger partial charge in [0.05, 0.1) is 10.9 Å².